The van der Waals surface area contributed by atoms with Gasteiger partial charge in [-0.1, -0.05) is 12.1 Å². The predicted molar refractivity (Wildman–Crippen MR) is 67.5 cm³/mol. The van der Waals surface area contributed by atoms with Gasteiger partial charge in [-0.3, -0.25) is 4.79 Å². The monoisotopic (exact) mass is 214 g/mol. The van der Waals surface area contributed by atoms with Gasteiger partial charge in [0, 0.05) is 6.42 Å². The van der Waals surface area contributed by atoms with Crippen LogP contribution in [0.4, 0.5) is 0 Å². The van der Waals surface area contributed by atoms with E-state index in [2.05, 4.69) is 32.9 Å². The molecule has 0 bridgehead atoms. The minimum Gasteiger partial charge on any atom is -0.295 e. The maximum atomic E-state index is 11.4. The Balaban J connectivity index is 2.48. The molecule has 16 heavy (non-hydrogen) atoms. The highest BCUT2D eigenvalue weighted by Gasteiger charge is 2.13. The van der Waals surface area contributed by atoms with Crippen LogP contribution in [0, 0.1) is 20.8 Å². The molecule has 1 heteroatoms. The highest BCUT2D eigenvalue weighted by molar-refractivity contribution is 5.98. The molecule has 84 valence electrons. The molecule has 0 atom stereocenters. The molecule has 0 spiro atoms. The van der Waals surface area contributed by atoms with E-state index < -0.39 is 0 Å². The summed E-state index contributed by atoms with van der Waals surface area (Å²) in [6.45, 7) is 6.39. The van der Waals surface area contributed by atoms with Crippen molar-refractivity contribution in [1.29, 1.82) is 0 Å². The first kappa shape index (κ1) is 11.1. The van der Waals surface area contributed by atoms with Crippen LogP contribution < -0.4 is 0 Å². The van der Waals surface area contributed by atoms with E-state index in [1.54, 1.807) is 0 Å². The molecule has 0 radical (unpaired) electrons. The highest BCUT2D eigenvalue weighted by atomic mass is 16.1. The van der Waals surface area contributed by atoms with Gasteiger partial charge in [0.05, 0.1) is 0 Å². The SMILES string of the molecule is Cc1cc(C)c(C2=CC(=O)CCC2)cc1C. The van der Waals surface area contributed by atoms with Crippen LogP contribution in [0.5, 0.6) is 0 Å². The number of hydrogen-bond acceptors (Lipinski definition) is 1. The highest BCUT2D eigenvalue weighted by Crippen LogP contribution is 2.29. The van der Waals surface area contributed by atoms with Crippen molar-refractivity contribution in [3.63, 3.8) is 0 Å². The second-order valence-electron chi connectivity index (χ2n) is 4.74. The summed E-state index contributed by atoms with van der Waals surface area (Å²) in [7, 11) is 0. The Morgan fingerprint density at radius 3 is 2.31 bits per heavy atom. The molecular weight excluding hydrogens is 196 g/mol. The standard InChI is InChI=1S/C15H18O/c1-10-7-12(3)15(8-11(10)2)13-5-4-6-14(16)9-13/h7-9H,4-6H2,1-3H3. The van der Waals surface area contributed by atoms with Crippen LogP contribution in [0.15, 0.2) is 18.2 Å². The molecule has 0 fully saturated rings. The molecule has 0 amide bonds. The first-order chi connectivity index (χ1) is 7.58. The minimum absolute atomic E-state index is 0.277. The summed E-state index contributed by atoms with van der Waals surface area (Å²) in [4.78, 5) is 11.4. The molecule has 0 heterocycles. The molecule has 1 nitrogen and oxygen atoms in total. The van der Waals surface area contributed by atoms with Crippen LogP contribution in [0.2, 0.25) is 0 Å². The first-order valence-electron chi connectivity index (χ1n) is 5.89. The molecule has 1 aromatic rings. The zero-order chi connectivity index (χ0) is 11.7. The lowest BCUT2D eigenvalue weighted by Crippen LogP contribution is -2.03. The largest absolute Gasteiger partial charge is 0.295 e. The van der Waals surface area contributed by atoms with E-state index in [0.29, 0.717) is 6.42 Å². The fourth-order valence-corrected chi connectivity index (χ4v) is 2.31. The van der Waals surface area contributed by atoms with Gasteiger partial charge >= 0.3 is 0 Å². The molecule has 2 rings (SSSR count). The van der Waals surface area contributed by atoms with Gasteiger partial charge in [-0.25, -0.2) is 0 Å². The van der Waals surface area contributed by atoms with E-state index in [0.717, 1.165) is 12.8 Å². The Morgan fingerprint density at radius 2 is 1.62 bits per heavy atom. The molecule has 0 saturated carbocycles. The maximum Gasteiger partial charge on any atom is 0.155 e. The average Bonchev–Trinajstić information content (AvgIpc) is 2.23. The lowest BCUT2D eigenvalue weighted by molar-refractivity contribution is -0.114. The third-order valence-corrected chi connectivity index (χ3v) is 3.39. The maximum absolute atomic E-state index is 11.4. The summed E-state index contributed by atoms with van der Waals surface area (Å²) in [6.07, 6.45) is 4.58. The number of ketones is 1. The average molecular weight is 214 g/mol. The fraction of sp³-hybridized carbons (Fsp3) is 0.400. The lowest BCUT2D eigenvalue weighted by Gasteiger charge is -2.16. The smallest absolute Gasteiger partial charge is 0.155 e. The Morgan fingerprint density at radius 1 is 0.938 bits per heavy atom. The third-order valence-electron chi connectivity index (χ3n) is 3.39. The Kier molecular flexibility index (Phi) is 2.95. The molecule has 1 aromatic carbocycles. The van der Waals surface area contributed by atoms with Crippen molar-refractivity contribution < 1.29 is 4.79 Å². The van der Waals surface area contributed by atoms with Crippen molar-refractivity contribution in [2.45, 2.75) is 40.0 Å². The quantitative estimate of drug-likeness (QED) is 0.696. The van der Waals surface area contributed by atoms with Crippen molar-refractivity contribution in [2.75, 3.05) is 0 Å². The van der Waals surface area contributed by atoms with Crippen molar-refractivity contribution in [1.82, 2.24) is 0 Å². The topological polar surface area (TPSA) is 17.1 Å². The summed E-state index contributed by atoms with van der Waals surface area (Å²) < 4.78 is 0. The van der Waals surface area contributed by atoms with E-state index in [9.17, 15) is 4.79 Å². The van der Waals surface area contributed by atoms with Gasteiger partial charge in [0.25, 0.3) is 0 Å². The van der Waals surface area contributed by atoms with Gasteiger partial charge in [0.2, 0.25) is 0 Å². The molecular formula is C15H18O. The zero-order valence-corrected chi connectivity index (χ0v) is 10.3. The van der Waals surface area contributed by atoms with E-state index in [-0.39, 0.29) is 5.78 Å². The summed E-state index contributed by atoms with van der Waals surface area (Å²) in [5, 5.41) is 0. The second kappa shape index (κ2) is 4.25. The summed E-state index contributed by atoms with van der Waals surface area (Å²) in [5.41, 5.74) is 6.39. The summed E-state index contributed by atoms with van der Waals surface area (Å²) >= 11 is 0. The number of carbonyl (C=O) groups is 1. The van der Waals surface area contributed by atoms with Gasteiger partial charge < -0.3 is 0 Å². The van der Waals surface area contributed by atoms with Crippen LogP contribution in [0.1, 0.15) is 41.5 Å². The summed E-state index contributed by atoms with van der Waals surface area (Å²) in [6, 6.07) is 4.43. The van der Waals surface area contributed by atoms with Crippen molar-refractivity contribution in [2.24, 2.45) is 0 Å². The number of aryl methyl sites for hydroxylation is 3. The fourth-order valence-electron chi connectivity index (χ4n) is 2.31. The number of allylic oxidation sites excluding steroid dienone is 2. The summed E-state index contributed by atoms with van der Waals surface area (Å²) in [5.74, 6) is 0.277. The van der Waals surface area contributed by atoms with E-state index >= 15 is 0 Å². The van der Waals surface area contributed by atoms with Crippen LogP contribution in [-0.4, -0.2) is 5.78 Å². The molecule has 0 N–H and O–H groups in total. The number of benzene rings is 1. The molecule has 0 aliphatic heterocycles. The van der Waals surface area contributed by atoms with Crippen molar-refractivity contribution in [3.8, 4) is 0 Å². The Hall–Kier alpha value is -1.37. The zero-order valence-electron chi connectivity index (χ0n) is 10.3. The third kappa shape index (κ3) is 2.08. The molecule has 1 aliphatic carbocycles. The molecule has 1 aliphatic rings. The van der Waals surface area contributed by atoms with Crippen LogP contribution in [0.25, 0.3) is 5.57 Å². The van der Waals surface area contributed by atoms with Gasteiger partial charge in [-0.15, -0.1) is 0 Å². The number of rotatable bonds is 1. The molecule has 0 unspecified atom stereocenters. The van der Waals surface area contributed by atoms with Crippen LogP contribution >= 0.6 is 0 Å². The van der Waals surface area contributed by atoms with E-state index in [4.69, 9.17) is 0 Å². The van der Waals surface area contributed by atoms with Gasteiger partial charge in [-0.2, -0.15) is 0 Å². The van der Waals surface area contributed by atoms with Crippen LogP contribution in [0.3, 0.4) is 0 Å². The second-order valence-corrected chi connectivity index (χ2v) is 4.74. The predicted octanol–water partition coefficient (Wildman–Crippen LogP) is 3.75. The molecule has 0 saturated heterocycles. The van der Waals surface area contributed by atoms with E-state index in [1.165, 1.54) is 27.8 Å². The van der Waals surface area contributed by atoms with Crippen molar-refractivity contribution in [3.05, 3.63) is 40.5 Å². The lowest BCUT2D eigenvalue weighted by atomic mass is 9.88. The van der Waals surface area contributed by atoms with Gasteiger partial charge in [-0.05, 0) is 67.5 Å². The van der Waals surface area contributed by atoms with Gasteiger partial charge in [0.1, 0.15) is 0 Å². The number of hydrogen-bond donors (Lipinski definition) is 0. The minimum atomic E-state index is 0.277. The molecule has 0 aromatic heterocycles. The normalized spacial score (nSPS) is 16.2. The Bertz CT molecular complexity index is 467. The van der Waals surface area contributed by atoms with Gasteiger partial charge in [0.15, 0.2) is 5.78 Å². The van der Waals surface area contributed by atoms with Crippen molar-refractivity contribution >= 4 is 11.4 Å². The Labute approximate surface area is 97.2 Å². The van der Waals surface area contributed by atoms with E-state index in [1.807, 2.05) is 6.08 Å². The first-order valence-corrected chi connectivity index (χ1v) is 5.89. The number of carbonyl (C=O) groups excluding carboxylic acids is 1. The van der Waals surface area contributed by atoms with Crippen LogP contribution in [-0.2, 0) is 4.79 Å².